The number of sulfonamides is 1. The standard InChI is InChI=1S/C24H33N7O4S/c1-15-5-8-18(11-20(15)36(25,34)35)28-22-26-12-17-13-27-30(21(17)29-22)14-16-6-9-19(10-7-16)31(23(32)33)24(2,3)4/h5,8,11-13,16,19H,6-7,9-10,14H2,1-4H3,(H,32,33)(H2,25,34,35)(H,26,28,29)/t16-,19+. The fourth-order valence-corrected chi connectivity index (χ4v) is 5.80. The Balaban J connectivity index is 1.48. The Bertz CT molecular complexity index is 1370. The molecule has 11 nitrogen and oxygen atoms in total. The van der Waals surface area contributed by atoms with Gasteiger partial charge in [-0.1, -0.05) is 6.07 Å². The molecule has 1 aliphatic carbocycles. The molecule has 194 valence electrons. The van der Waals surface area contributed by atoms with Gasteiger partial charge >= 0.3 is 6.09 Å². The highest BCUT2D eigenvalue weighted by Gasteiger charge is 2.35. The van der Waals surface area contributed by atoms with Gasteiger partial charge in [0.05, 0.1) is 16.5 Å². The molecule has 12 heteroatoms. The summed E-state index contributed by atoms with van der Waals surface area (Å²) in [7, 11) is -3.85. The summed E-state index contributed by atoms with van der Waals surface area (Å²) in [5.74, 6) is 0.681. The first-order valence-electron chi connectivity index (χ1n) is 11.9. The van der Waals surface area contributed by atoms with Crippen molar-refractivity contribution in [3.05, 3.63) is 36.2 Å². The zero-order valence-electron chi connectivity index (χ0n) is 21.0. The molecule has 0 aliphatic heterocycles. The van der Waals surface area contributed by atoms with Crippen molar-refractivity contribution in [3.63, 3.8) is 0 Å². The number of fused-ring (bicyclic) bond motifs is 1. The van der Waals surface area contributed by atoms with Crippen LogP contribution in [0.4, 0.5) is 16.4 Å². The van der Waals surface area contributed by atoms with Crippen molar-refractivity contribution in [2.75, 3.05) is 5.32 Å². The number of hydrogen-bond acceptors (Lipinski definition) is 7. The van der Waals surface area contributed by atoms with Gasteiger partial charge in [-0.05, 0) is 77.0 Å². The highest BCUT2D eigenvalue weighted by molar-refractivity contribution is 7.89. The molecule has 0 unspecified atom stereocenters. The lowest BCUT2D eigenvalue weighted by Crippen LogP contribution is -2.52. The summed E-state index contributed by atoms with van der Waals surface area (Å²) >= 11 is 0. The molecule has 4 rings (SSSR count). The second kappa shape index (κ2) is 9.66. The summed E-state index contributed by atoms with van der Waals surface area (Å²) in [6, 6.07) is 4.90. The Morgan fingerprint density at radius 2 is 1.92 bits per heavy atom. The van der Waals surface area contributed by atoms with E-state index < -0.39 is 21.7 Å². The lowest BCUT2D eigenvalue weighted by Gasteiger charge is -2.42. The van der Waals surface area contributed by atoms with Crippen LogP contribution in [0.3, 0.4) is 0 Å². The third kappa shape index (κ3) is 5.59. The lowest BCUT2D eigenvalue weighted by molar-refractivity contribution is 0.0489. The van der Waals surface area contributed by atoms with Crippen LogP contribution >= 0.6 is 0 Å². The highest BCUT2D eigenvalue weighted by Crippen LogP contribution is 2.33. The first kappa shape index (κ1) is 25.8. The van der Waals surface area contributed by atoms with Gasteiger partial charge in [-0.15, -0.1) is 0 Å². The Labute approximate surface area is 210 Å². The Kier molecular flexibility index (Phi) is 6.93. The van der Waals surface area contributed by atoms with Crippen LogP contribution in [0.1, 0.15) is 52.0 Å². The molecular weight excluding hydrogens is 482 g/mol. The first-order valence-corrected chi connectivity index (χ1v) is 13.5. The van der Waals surface area contributed by atoms with Crippen LogP contribution in [0.2, 0.25) is 0 Å². The summed E-state index contributed by atoms with van der Waals surface area (Å²) < 4.78 is 25.6. The Hall–Kier alpha value is -3.25. The van der Waals surface area contributed by atoms with Crippen molar-refractivity contribution >= 4 is 38.8 Å². The molecule has 0 radical (unpaired) electrons. The number of nitrogens with zero attached hydrogens (tertiary/aromatic N) is 5. The summed E-state index contributed by atoms with van der Waals surface area (Å²) in [6.07, 6.45) is 5.97. The van der Waals surface area contributed by atoms with E-state index in [-0.39, 0.29) is 10.9 Å². The fourth-order valence-electron chi connectivity index (χ4n) is 4.99. The number of primary sulfonamides is 1. The minimum Gasteiger partial charge on any atom is -0.465 e. The molecule has 0 spiro atoms. The number of hydrogen-bond donors (Lipinski definition) is 3. The molecule has 1 aromatic carbocycles. The van der Waals surface area contributed by atoms with E-state index in [0.29, 0.717) is 35.3 Å². The molecule has 0 saturated heterocycles. The highest BCUT2D eigenvalue weighted by atomic mass is 32.2. The van der Waals surface area contributed by atoms with Gasteiger partial charge in [0, 0.05) is 30.0 Å². The van der Waals surface area contributed by atoms with Crippen molar-refractivity contribution < 1.29 is 18.3 Å². The fraction of sp³-hybridized carbons (Fsp3) is 0.500. The molecule has 1 saturated carbocycles. The van der Waals surface area contributed by atoms with Crippen molar-refractivity contribution in [2.24, 2.45) is 11.1 Å². The number of nitrogens with two attached hydrogens (primary N) is 1. The van der Waals surface area contributed by atoms with E-state index >= 15 is 0 Å². The van der Waals surface area contributed by atoms with Gasteiger partial charge in [-0.3, -0.25) is 0 Å². The number of aromatic nitrogens is 4. The summed E-state index contributed by atoms with van der Waals surface area (Å²) in [5.41, 5.74) is 1.31. The number of anilines is 2. The van der Waals surface area contributed by atoms with E-state index in [4.69, 9.17) is 5.14 Å². The van der Waals surface area contributed by atoms with Crippen LogP contribution in [-0.4, -0.2) is 55.8 Å². The quantitative estimate of drug-likeness (QED) is 0.447. The van der Waals surface area contributed by atoms with Gasteiger partial charge in [0.15, 0.2) is 5.65 Å². The molecule has 3 aromatic rings. The summed E-state index contributed by atoms with van der Waals surface area (Å²) in [5, 5.41) is 23.4. The van der Waals surface area contributed by atoms with E-state index in [2.05, 4.69) is 20.4 Å². The zero-order valence-corrected chi connectivity index (χ0v) is 21.8. The molecule has 0 atom stereocenters. The third-order valence-electron chi connectivity index (χ3n) is 6.67. The van der Waals surface area contributed by atoms with Crippen LogP contribution in [0.25, 0.3) is 11.0 Å². The zero-order chi connectivity index (χ0) is 26.3. The predicted octanol–water partition coefficient (Wildman–Crippen LogP) is 3.86. The lowest BCUT2D eigenvalue weighted by atomic mass is 9.84. The molecule has 1 aliphatic rings. The maximum Gasteiger partial charge on any atom is 0.407 e. The van der Waals surface area contributed by atoms with Gasteiger partial charge in [0.1, 0.15) is 0 Å². The van der Waals surface area contributed by atoms with E-state index in [1.54, 1.807) is 36.4 Å². The molecule has 4 N–H and O–H groups in total. The van der Waals surface area contributed by atoms with Crippen LogP contribution < -0.4 is 10.5 Å². The maximum absolute atomic E-state index is 11.8. The van der Waals surface area contributed by atoms with Crippen molar-refractivity contribution in [2.45, 2.75) is 76.4 Å². The number of nitrogens with one attached hydrogen (secondary N) is 1. The van der Waals surface area contributed by atoms with E-state index in [9.17, 15) is 18.3 Å². The molecule has 36 heavy (non-hydrogen) atoms. The van der Waals surface area contributed by atoms with Crippen molar-refractivity contribution in [3.8, 4) is 0 Å². The number of carbonyl (C=O) groups is 1. The molecular formula is C24H33N7O4S. The number of carboxylic acid groups (broad SMARTS) is 1. The predicted molar refractivity (Wildman–Crippen MR) is 137 cm³/mol. The number of amides is 1. The van der Waals surface area contributed by atoms with Gasteiger partial charge in [0.2, 0.25) is 16.0 Å². The second-order valence-corrected chi connectivity index (χ2v) is 12.0. The van der Waals surface area contributed by atoms with Crippen LogP contribution in [0, 0.1) is 12.8 Å². The van der Waals surface area contributed by atoms with Crippen LogP contribution in [0.5, 0.6) is 0 Å². The second-order valence-electron chi connectivity index (χ2n) is 10.4. The SMILES string of the molecule is Cc1ccc(Nc2ncc3cnn(C[C@H]4CC[C@@H](N(C(=O)O)C(C)(C)C)CC4)c3n2)cc1S(N)(=O)=O. The van der Waals surface area contributed by atoms with E-state index in [0.717, 1.165) is 31.1 Å². The average molecular weight is 516 g/mol. The molecule has 1 amide bonds. The monoisotopic (exact) mass is 515 g/mol. The number of benzene rings is 1. The van der Waals surface area contributed by atoms with Gasteiger partial charge in [0.25, 0.3) is 0 Å². The largest absolute Gasteiger partial charge is 0.465 e. The van der Waals surface area contributed by atoms with Gasteiger partial charge in [-0.2, -0.15) is 10.1 Å². The molecule has 2 heterocycles. The van der Waals surface area contributed by atoms with Crippen LogP contribution in [0.15, 0.2) is 35.5 Å². The molecule has 0 bridgehead atoms. The maximum atomic E-state index is 11.8. The van der Waals surface area contributed by atoms with Gasteiger partial charge < -0.3 is 15.3 Å². The smallest absolute Gasteiger partial charge is 0.407 e. The minimum absolute atomic E-state index is 0.0166. The Morgan fingerprint density at radius 3 is 2.53 bits per heavy atom. The summed E-state index contributed by atoms with van der Waals surface area (Å²) in [6.45, 7) is 8.15. The molecule has 2 aromatic heterocycles. The van der Waals surface area contributed by atoms with E-state index in [1.807, 2.05) is 25.5 Å². The van der Waals surface area contributed by atoms with E-state index in [1.165, 1.54) is 6.07 Å². The van der Waals surface area contributed by atoms with Gasteiger partial charge in [-0.25, -0.2) is 28.0 Å². The number of aryl methyl sites for hydroxylation is 1. The topological polar surface area (TPSA) is 156 Å². The average Bonchev–Trinajstić information content (AvgIpc) is 3.16. The van der Waals surface area contributed by atoms with Crippen LogP contribution in [-0.2, 0) is 16.6 Å². The number of rotatable bonds is 6. The molecule has 1 fully saturated rings. The Morgan fingerprint density at radius 1 is 1.22 bits per heavy atom. The van der Waals surface area contributed by atoms with Crippen molar-refractivity contribution in [1.82, 2.24) is 24.6 Å². The minimum atomic E-state index is -3.85. The first-order chi connectivity index (χ1) is 16.8. The summed E-state index contributed by atoms with van der Waals surface area (Å²) in [4.78, 5) is 22.4. The van der Waals surface area contributed by atoms with Crippen molar-refractivity contribution in [1.29, 1.82) is 0 Å². The third-order valence-corrected chi connectivity index (χ3v) is 7.72. The normalized spacial score (nSPS) is 18.8.